The highest BCUT2D eigenvalue weighted by Crippen LogP contribution is 2.27. The highest BCUT2D eigenvalue weighted by molar-refractivity contribution is 5.84. The SMILES string of the molecule is CCCC(CCC)(Nc1ccccc1)C(=O)OCC. The summed E-state index contributed by atoms with van der Waals surface area (Å²) in [6.45, 7) is 6.46. The maximum absolute atomic E-state index is 12.4. The molecule has 0 saturated heterocycles. The van der Waals surface area contributed by atoms with Gasteiger partial charge in [0.1, 0.15) is 5.54 Å². The second-order valence-electron chi connectivity index (χ2n) is 4.79. The van der Waals surface area contributed by atoms with E-state index in [9.17, 15) is 4.79 Å². The van der Waals surface area contributed by atoms with Gasteiger partial charge in [-0.05, 0) is 31.9 Å². The van der Waals surface area contributed by atoms with Crippen LogP contribution in [0.1, 0.15) is 46.5 Å². The Bertz CT molecular complexity index is 370. The van der Waals surface area contributed by atoms with E-state index in [2.05, 4.69) is 19.2 Å². The average molecular weight is 263 g/mol. The van der Waals surface area contributed by atoms with Crippen molar-refractivity contribution >= 4 is 11.7 Å². The number of carbonyl (C=O) groups is 1. The minimum atomic E-state index is -0.596. The molecule has 0 atom stereocenters. The number of anilines is 1. The van der Waals surface area contributed by atoms with Gasteiger partial charge in [-0.3, -0.25) is 0 Å². The molecule has 1 N–H and O–H groups in total. The molecule has 0 aliphatic carbocycles. The zero-order valence-corrected chi connectivity index (χ0v) is 12.2. The topological polar surface area (TPSA) is 38.3 Å². The molecule has 0 fully saturated rings. The second kappa shape index (κ2) is 7.82. The molecule has 3 heteroatoms. The molecule has 0 aromatic heterocycles. The van der Waals surface area contributed by atoms with Crippen LogP contribution in [0.4, 0.5) is 5.69 Å². The van der Waals surface area contributed by atoms with E-state index >= 15 is 0 Å². The predicted molar refractivity (Wildman–Crippen MR) is 79.2 cm³/mol. The zero-order chi connectivity index (χ0) is 14.1. The molecule has 0 saturated carbocycles. The van der Waals surface area contributed by atoms with Gasteiger partial charge in [-0.15, -0.1) is 0 Å². The number of rotatable bonds is 8. The molecular weight excluding hydrogens is 238 g/mol. The zero-order valence-electron chi connectivity index (χ0n) is 12.2. The molecule has 106 valence electrons. The van der Waals surface area contributed by atoms with E-state index in [0.29, 0.717) is 6.61 Å². The molecular formula is C16H25NO2. The third-order valence-corrected chi connectivity index (χ3v) is 3.18. The fourth-order valence-corrected chi connectivity index (χ4v) is 2.43. The number of hydrogen-bond donors (Lipinski definition) is 1. The number of benzene rings is 1. The van der Waals surface area contributed by atoms with Gasteiger partial charge in [0.25, 0.3) is 0 Å². The summed E-state index contributed by atoms with van der Waals surface area (Å²) in [5, 5.41) is 3.40. The Labute approximate surface area is 116 Å². The largest absolute Gasteiger partial charge is 0.464 e. The van der Waals surface area contributed by atoms with Crippen LogP contribution >= 0.6 is 0 Å². The lowest BCUT2D eigenvalue weighted by atomic mass is 9.88. The van der Waals surface area contributed by atoms with Crippen molar-refractivity contribution < 1.29 is 9.53 Å². The van der Waals surface area contributed by atoms with Crippen LogP contribution < -0.4 is 5.32 Å². The third kappa shape index (κ3) is 4.27. The van der Waals surface area contributed by atoms with Crippen LogP contribution in [0.15, 0.2) is 30.3 Å². The molecule has 0 heterocycles. The van der Waals surface area contributed by atoms with Crippen molar-refractivity contribution in [1.29, 1.82) is 0 Å². The molecule has 0 amide bonds. The Balaban J connectivity index is 2.97. The van der Waals surface area contributed by atoms with Gasteiger partial charge in [-0.1, -0.05) is 44.9 Å². The molecule has 19 heavy (non-hydrogen) atoms. The summed E-state index contributed by atoms with van der Waals surface area (Å²) >= 11 is 0. The number of para-hydroxylation sites is 1. The van der Waals surface area contributed by atoms with E-state index in [1.807, 2.05) is 37.3 Å². The molecule has 0 aliphatic rings. The van der Waals surface area contributed by atoms with Gasteiger partial charge in [0.2, 0.25) is 0 Å². The van der Waals surface area contributed by atoms with Crippen LogP contribution in [0.3, 0.4) is 0 Å². The number of nitrogens with one attached hydrogen (secondary N) is 1. The Kier molecular flexibility index (Phi) is 6.40. The first-order valence-electron chi connectivity index (χ1n) is 7.19. The third-order valence-electron chi connectivity index (χ3n) is 3.18. The molecule has 0 aliphatic heterocycles. The first kappa shape index (κ1) is 15.5. The van der Waals surface area contributed by atoms with Crippen molar-refractivity contribution in [2.24, 2.45) is 0 Å². The molecule has 3 nitrogen and oxygen atoms in total. The molecule has 0 bridgehead atoms. The molecule has 0 radical (unpaired) electrons. The van der Waals surface area contributed by atoms with Crippen LogP contribution in [0, 0.1) is 0 Å². The quantitative estimate of drug-likeness (QED) is 0.720. The smallest absolute Gasteiger partial charge is 0.331 e. The Morgan fingerprint density at radius 2 is 1.68 bits per heavy atom. The van der Waals surface area contributed by atoms with E-state index in [0.717, 1.165) is 31.4 Å². The van der Waals surface area contributed by atoms with Crippen LogP contribution in [-0.4, -0.2) is 18.1 Å². The van der Waals surface area contributed by atoms with Gasteiger partial charge in [-0.25, -0.2) is 4.79 Å². The molecule has 1 rings (SSSR count). The minimum absolute atomic E-state index is 0.137. The number of hydrogen-bond acceptors (Lipinski definition) is 3. The lowest BCUT2D eigenvalue weighted by Gasteiger charge is -2.33. The second-order valence-corrected chi connectivity index (χ2v) is 4.79. The highest BCUT2D eigenvalue weighted by atomic mass is 16.5. The van der Waals surface area contributed by atoms with Crippen molar-refractivity contribution in [1.82, 2.24) is 0 Å². The lowest BCUT2D eigenvalue weighted by molar-refractivity contribution is -0.149. The Morgan fingerprint density at radius 1 is 1.11 bits per heavy atom. The summed E-state index contributed by atoms with van der Waals surface area (Å²) in [7, 11) is 0. The van der Waals surface area contributed by atoms with Crippen LogP contribution in [-0.2, 0) is 9.53 Å². The monoisotopic (exact) mass is 263 g/mol. The van der Waals surface area contributed by atoms with Crippen molar-refractivity contribution in [3.05, 3.63) is 30.3 Å². The van der Waals surface area contributed by atoms with Crippen LogP contribution in [0.25, 0.3) is 0 Å². The van der Waals surface area contributed by atoms with E-state index < -0.39 is 5.54 Å². The summed E-state index contributed by atoms with van der Waals surface area (Å²) in [4.78, 5) is 12.4. The Hall–Kier alpha value is -1.51. The fourth-order valence-electron chi connectivity index (χ4n) is 2.43. The number of carbonyl (C=O) groups excluding carboxylic acids is 1. The first-order valence-corrected chi connectivity index (χ1v) is 7.19. The summed E-state index contributed by atoms with van der Waals surface area (Å²) in [6, 6.07) is 9.88. The van der Waals surface area contributed by atoms with Gasteiger partial charge in [-0.2, -0.15) is 0 Å². The van der Waals surface area contributed by atoms with Gasteiger partial charge in [0.15, 0.2) is 0 Å². The summed E-state index contributed by atoms with van der Waals surface area (Å²) in [6.07, 6.45) is 3.46. The standard InChI is InChI=1S/C16H25NO2/c1-4-12-16(13-5-2,15(18)19-6-3)17-14-10-8-7-9-11-14/h7-11,17H,4-6,12-13H2,1-3H3. The molecule has 0 spiro atoms. The van der Waals surface area contributed by atoms with E-state index in [-0.39, 0.29) is 5.97 Å². The molecule has 1 aromatic carbocycles. The van der Waals surface area contributed by atoms with E-state index in [1.54, 1.807) is 0 Å². The molecule has 1 aromatic rings. The van der Waals surface area contributed by atoms with Gasteiger partial charge in [0, 0.05) is 5.69 Å². The predicted octanol–water partition coefficient (Wildman–Crippen LogP) is 4.00. The maximum Gasteiger partial charge on any atom is 0.331 e. The normalized spacial score (nSPS) is 11.1. The first-order chi connectivity index (χ1) is 9.18. The van der Waals surface area contributed by atoms with Crippen molar-refractivity contribution in [2.45, 2.75) is 52.0 Å². The van der Waals surface area contributed by atoms with E-state index in [1.165, 1.54) is 0 Å². The van der Waals surface area contributed by atoms with Crippen molar-refractivity contribution in [2.75, 3.05) is 11.9 Å². The van der Waals surface area contributed by atoms with Gasteiger partial charge in [0.05, 0.1) is 6.61 Å². The maximum atomic E-state index is 12.4. The van der Waals surface area contributed by atoms with Crippen LogP contribution in [0.5, 0.6) is 0 Å². The van der Waals surface area contributed by atoms with Crippen molar-refractivity contribution in [3.8, 4) is 0 Å². The van der Waals surface area contributed by atoms with Gasteiger partial charge < -0.3 is 10.1 Å². The van der Waals surface area contributed by atoms with E-state index in [4.69, 9.17) is 4.74 Å². The highest BCUT2D eigenvalue weighted by Gasteiger charge is 2.38. The molecule has 0 unspecified atom stereocenters. The summed E-state index contributed by atoms with van der Waals surface area (Å²) < 4.78 is 5.28. The average Bonchev–Trinajstić information content (AvgIpc) is 2.40. The summed E-state index contributed by atoms with van der Waals surface area (Å²) in [5.41, 5.74) is 0.373. The van der Waals surface area contributed by atoms with Crippen LogP contribution in [0.2, 0.25) is 0 Å². The number of esters is 1. The Morgan fingerprint density at radius 3 is 2.16 bits per heavy atom. The van der Waals surface area contributed by atoms with Crippen molar-refractivity contribution in [3.63, 3.8) is 0 Å². The minimum Gasteiger partial charge on any atom is -0.464 e. The lowest BCUT2D eigenvalue weighted by Crippen LogP contribution is -2.47. The summed E-state index contributed by atoms with van der Waals surface area (Å²) in [5.74, 6) is -0.137. The fraction of sp³-hybridized carbons (Fsp3) is 0.562. The number of ether oxygens (including phenoxy) is 1. The van der Waals surface area contributed by atoms with Gasteiger partial charge >= 0.3 is 5.97 Å².